The van der Waals surface area contributed by atoms with Crippen molar-refractivity contribution in [3.05, 3.63) is 18.2 Å². The second kappa shape index (κ2) is 6.31. The molecule has 0 aliphatic heterocycles. The van der Waals surface area contributed by atoms with Crippen molar-refractivity contribution in [1.82, 2.24) is 10.0 Å². The summed E-state index contributed by atoms with van der Waals surface area (Å²) in [5.74, 6) is -0.205. The number of nitrogen functional groups attached to an aromatic ring is 1. The molecule has 0 fully saturated rings. The van der Waals surface area contributed by atoms with Crippen LogP contribution in [0.2, 0.25) is 0 Å². The molecule has 0 atom stereocenters. The van der Waals surface area contributed by atoms with Crippen LogP contribution in [-0.4, -0.2) is 33.5 Å². The van der Waals surface area contributed by atoms with Gasteiger partial charge in [0.15, 0.2) is 0 Å². The predicted octanol–water partition coefficient (Wildman–Crippen LogP) is 0.503. The Morgan fingerprint density at radius 3 is 2.43 bits per heavy atom. The summed E-state index contributed by atoms with van der Waals surface area (Å²) in [4.78, 5) is 11.8. The molecule has 0 spiro atoms. The van der Waals surface area contributed by atoms with Crippen LogP contribution in [0.5, 0.6) is 0 Å². The minimum absolute atomic E-state index is 0.00449. The number of benzene rings is 1. The Balaban J connectivity index is 2.85. The van der Waals surface area contributed by atoms with Gasteiger partial charge in [-0.25, -0.2) is 13.1 Å². The summed E-state index contributed by atoms with van der Waals surface area (Å²) in [6, 6.07) is 4.28. The Labute approximate surface area is 125 Å². The molecule has 0 bridgehead atoms. The van der Waals surface area contributed by atoms with Crippen LogP contribution in [0.4, 0.5) is 11.4 Å². The van der Waals surface area contributed by atoms with Crippen LogP contribution < -0.4 is 21.1 Å². The van der Waals surface area contributed by atoms with Crippen molar-refractivity contribution >= 4 is 27.3 Å². The summed E-state index contributed by atoms with van der Waals surface area (Å²) < 4.78 is 25.7. The fourth-order valence-electron chi connectivity index (χ4n) is 1.61. The zero-order valence-corrected chi connectivity index (χ0v) is 13.5. The summed E-state index contributed by atoms with van der Waals surface area (Å²) in [7, 11) is -2.22. The zero-order valence-electron chi connectivity index (χ0n) is 12.6. The van der Waals surface area contributed by atoms with E-state index in [2.05, 4.69) is 15.4 Å². The molecule has 1 rings (SSSR count). The Hall–Kier alpha value is -1.80. The second-order valence-corrected chi connectivity index (χ2v) is 7.49. The molecule has 0 radical (unpaired) electrons. The minimum atomic E-state index is -3.55. The Bertz CT molecular complexity index is 621. The van der Waals surface area contributed by atoms with Crippen molar-refractivity contribution in [1.29, 1.82) is 0 Å². The first-order chi connectivity index (χ1) is 9.55. The van der Waals surface area contributed by atoms with E-state index in [1.165, 1.54) is 25.2 Å². The lowest BCUT2D eigenvalue weighted by molar-refractivity contribution is -0.120. The van der Waals surface area contributed by atoms with Crippen molar-refractivity contribution < 1.29 is 13.2 Å². The summed E-state index contributed by atoms with van der Waals surface area (Å²) in [6.45, 7) is 5.63. The van der Waals surface area contributed by atoms with Gasteiger partial charge in [0.05, 0.1) is 22.8 Å². The van der Waals surface area contributed by atoms with E-state index in [4.69, 9.17) is 5.73 Å². The molecular weight excluding hydrogens is 292 g/mol. The van der Waals surface area contributed by atoms with Gasteiger partial charge in [-0.05, 0) is 46.0 Å². The van der Waals surface area contributed by atoms with Crippen LogP contribution in [-0.2, 0) is 14.8 Å². The summed E-state index contributed by atoms with van der Waals surface area (Å²) in [6.07, 6.45) is 0. The third-order valence-electron chi connectivity index (χ3n) is 2.56. The Morgan fingerprint density at radius 1 is 1.29 bits per heavy atom. The lowest BCUT2D eigenvalue weighted by Gasteiger charge is -2.21. The van der Waals surface area contributed by atoms with Crippen molar-refractivity contribution in [2.45, 2.75) is 31.2 Å². The van der Waals surface area contributed by atoms with Gasteiger partial charge >= 0.3 is 0 Å². The molecule has 7 nitrogen and oxygen atoms in total. The first kappa shape index (κ1) is 17.3. The van der Waals surface area contributed by atoms with Gasteiger partial charge in [0.25, 0.3) is 0 Å². The highest BCUT2D eigenvalue weighted by molar-refractivity contribution is 7.89. The smallest absolute Gasteiger partial charge is 0.240 e. The quantitative estimate of drug-likeness (QED) is 0.591. The number of hydrogen-bond donors (Lipinski definition) is 4. The Kier molecular flexibility index (Phi) is 5.19. The van der Waals surface area contributed by atoms with Crippen molar-refractivity contribution in [3.8, 4) is 0 Å². The molecule has 0 saturated carbocycles. The van der Waals surface area contributed by atoms with E-state index >= 15 is 0 Å². The van der Waals surface area contributed by atoms with Gasteiger partial charge < -0.3 is 16.4 Å². The van der Waals surface area contributed by atoms with Crippen molar-refractivity contribution in [2.24, 2.45) is 0 Å². The van der Waals surface area contributed by atoms with Crippen LogP contribution in [0.3, 0.4) is 0 Å². The standard InChI is InChI=1S/C13H22N4O3S/c1-13(2,3)17-12(18)8-16-11-7-9(5-6-10(11)14)21(19,20)15-4/h5-7,15-16H,8,14H2,1-4H3,(H,17,18). The number of anilines is 2. The average molecular weight is 314 g/mol. The third-order valence-corrected chi connectivity index (χ3v) is 3.97. The van der Waals surface area contributed by atoms with E-state index in [1.54, 1.807) is 0 Å². The SMILES string of the molecule is CNS(=O)(=O)c1ccc(N)c(NCC(=O)NC(C)(C)C)c1. The number of rotatable bonds is 5. The molecule has 8 heteroatoms. The topological polar surface area (TPSA) is 113 Å². The number of nitrogens with one attached hydrogen (secondary N) is 3. The van der Waals surface area contributed by atoms with Crippen LogP contribution >= 0.6 is 0 Å². The van der Waals surface area contributed by atoms with Crippen LogP contribution in [0, 0.1) is 0 Å². The normalized spacial score (nSPS) is 12.0. The van der Waals surface area contributed by atoms with Gasteiger partial charge in [-0.2, -0.15) is 0 Å². The van der Waals surface area contributed by atoms with E-state index < -0.39 is 10.0 Å². The number of sulfonamides is 1. The highest BCUT2D eigenvalue weighted by Crippen LogP contribution is 2.22. The van der Waals surface area contributed by atoms with Gasteiger partial charge in [0, 0.05) is 5.54 Å². The third kappa shape index (κ3) is 5.24. The highest BCUT2D eigenvalue weighted by Gasteiger charge is 2.15. The van der Waals surface area contributed by atoms with Crippen molar-refractivity contribution in [2.75, 3.05) is 24.6 Å². The summed E-state index contributed by atoms with van der Waals surface area (Å²) in [5.41, 5.74) is 6.21. The molecule has 1 aromatic rings. The molecule has 0 unspecified atom stereocenters. The molecule has 1 aromatic carbocycles. The number of amides is 1. The fourth-order valence-corrected chi connectivity index (χ4v) is 2.37. The number of nitrogens with two attached hydrogens (primary N) is 1. The molecule has 0 saturated heterocycles. The van der Waals surface area contributed by atoms with E-state index in [9.17, 15) is 13.2 Å². The fraction of sp³-hybridized carbons (Fsp3) is 0.462. The number of carbonyl (C=O) groups excluding carboxylic acids is 1. The van der Waals surface area contributed by atoms with E-state index in [0.717, 1.165) is 0 Å². The minimum Gasteiger partial charge on any atom is -0.397 e. The van der Waals surface area contributed by atoms with Crippen LogP contribution in [0.15, 0.2) is 23.1 Å². The molecule has 0 aliphatic rings. The molecule has 0 heterocycles. The van der Waals surface area contributed by atoms with Gasteiger partial charge in [-0.15, -0.1) is 0 Å². The maximum Gasteiger partial charge on any atom is 0.240 e. The lowest BCUT2D eigenvalue weighted by Crippen LogP contribution is -2.43. The van der Waals surface area contributed by atoms with Crippen molar-refractivity contribution in [3.63, 3.8) is 0 Å². The van der Waals surface area contributed by atoms with E-state index in [-0.39, 0.29) is 22.9 Å². The van der Waals surface area contributed by atoms with Gasteiger partial charge in [-0.3, -0.25) is 4.79 Å². The first-order valence-corrected chi connectivity index (χ1v) is 7.91. The molecule has 0 aliphatic carbocycles. The largest absolute Gasteiger partial charge is 0.397 e. The first-order valence-electron chi connectivity index (χ1n) is 6.43. The molecule has 21 heavy (non-hydrogen) atoms. The Morgan fingerprint density at radius 2 is 1.90 bits per heavy atom. The zero-order chi connectivity index (χ0) is 16.3. The maximum atomic E-state index is 11.7. The molecule has 1 amide bonds. The second-order valence-electron chi connectivity index (χ2n) is 5.61. The van der Waals surface area contributed by atoms with E-state index in [1.807, 2.05) is 20.8 Å². The van der Waals surface area contributed by atoms with Crippen LogP contribution in [0.1, 0.15) is 20.8 Å². The van der Waals surface area contributed by atoms with Gasteiger partial charge in [-0.1, -0.05) is 0 Å². The van der Waals surface area contributed by atoms with Crippen LogP contribution in [0.25, 0.3) is 0 Å². The molecule has 5 N–H and O–H groups in total. The van der Waals surface area contributed by atoms with Gasteiger partial charge in [0.2, 0.25) is 15.9 Å². The summed E-state index contributed by atoms with van der Waals surface area (Å²) in [5, 5.41) is 5.63. The predicted molar refractivity (Wildman–Crippen MR) is 83.5 cm³/mol. The molecular formula is C13H22N4O3S. The molecule has 118 valence electrons. The maximum absolute atomic E-state index is 11.7. The average Bonchev–Trinajstić information content (AvgIpc) is 2.35. The number of hydrogen-bond acceptors (Lipinski definition) is 5. The summed E-state index contributed by atoms with van der Waals surface area (Å²) >= 11 is 0. The highest BCUT2D eigenvalue weighted by atomic mass is 32.2. The number of carbonyl (C=O) groups is 1. The monoisotopic (exact) mass is 314 g/mol. The molecule has 0 aromatic heterocycles. The lowest BCUT2D eigenvalue weighted by atomic mass is 10.1. The van der Waals surface area contributed by atoms with Gasteiger partial charge in [0.1, 0.15) is 0 Å². The van der Waals surface area contributed by atoms with E-state index in [0.29, 0.717) is 11.4 Å².